The highest BCUT2D eigenvalue weighted by molar-refractivity contribution is 6.30. The molecule has 0 radical (unpaired) electrons. The first-order valence-electron chi connectivity index (χ1n) is 7.17. The molecule has 1 heterocycles. The van der Waals surface area contributed by atoms with Crippen molar-refractivity contribution in [1.29, 1.82) is 0 Å². The molecule has 0 aromatic heterocycles. The summed E-state index contributed by atoms with van der Waals surface area (Å²) in [6.07, 6.45) is 4.82. The van der Waals surface area contributed by atoms with Crippen molar-refractivity contribution in [1.82, 2.24) is 5.32 Å². The number of nitrogens with one attached hydrogen (secondary N) is 1. The summed E-state index contributed by atoms with van der Waals surface area (Å²) in [5, 5.41) is 13.8. The van der Waals surface area contributed by atoms with Crippen LogP contribution in [0.3, 0.4) is 0 Å². The van der Waals surface area contributed by atoms with Crippen molar-refractivity contribution in [3.8, 4) is 0 Å². The van der Waals surface area contributed by atoms with E-state index in [1.807, 2.05) is 6.07 Å². The first-order valence-corrected chi connectivity index (χ1v) is 7.55. The second kappa shape index (κ2) is 5.70. The number of halogens is 1. The molecule has 0 spiro atoms. The highest BCUT2D eigenvalue weighted by Gasteiger charge is 2.26. The third-order valence-corrected chi connectivity index (χ3v) is 4.33. The van der Waals surface area contributed by atoms with E-state index < -0.39 is 0 Å². The molecular formula is C15H21ClN2O. The summed E-state index contributed by atoms with van der Waals surface area (Å²) in [4.78, 5) is 2.33. The first kappa shape index (κ1) is 13.2. The number of benzene rings is 1. The van der Waals surface area contributed by atoms with E-state index in [0.717, 1.165) is 31.0 Å². The van der Waals surface area contributed by atoms with Crippen LogP contribution in [0.4, 0.5) is 5.69 Å². The number of anilines is 1. The number of nitrogens with zero attached hydrogens (tertiary/aromatic N) is 1. The number of rotatable bonds is 5. The number of aliphatic hydroxyl groups excluding tert-OH is 1. The van der Waals surface area contributed by atoms with E-state index in [1.165, 1.54) is 24.1 Å². The van der Waals surface area contributed by atoms with Gasteiger partial charge in [0.05, 0.1) is 12.6 Å². The number of aliphatic hydroxyl groups is 1. The molecule has 2 aliphatic rings. The molecule has 2 N–H and O–H groups in total. The van der Waals surface area contributed by atoms with E-state index in [1.54, 1.807) is 0 Å². The van der Waals surface area contributed by atoms with Crippen LogP contribution >= 0.6 is 11.6 Å². The van der Waals surface area contributed by atoms with Gasteiger partial charge in [-0.2, -0.15) is 0 Å². The van der Waals surface area contributed by atoms with Crippen LogP contribution in [0.25, 0.3) is 0 Å². The van der Waals surface area contributed by atoms with E-state index in [4.69, 9.17) is 11.6 Å². The maximum atomic E-state index is 9.49. The molecule has 1 aromatic carbocycles. The lowest BCUT2D eigenvalue weighted by Crippen LogP contribution is -2.33. The highest BCUT2D eigenvalue weighted by atomic mass is 35.5. The monoisotopic (exact) mass is 280 g/mol. The summed E-state index contributed by atoms with van der Waals surface area (Å²) >= 11 is 6.13. The maximum Gasteiger partial charge on any atom is 0.0635 e. The van der Waals surface area contributed by atoms with Crippen LogP contribution in [0.5, 0.6) is 0 Å². The molecule has 1 saturated heterocycles. The maximum absolute atomic E-state index is 9.49. The Morgan fingerprint density at radius 3 is 2.89 bits per heavy atom. The zero-order chi connectivity index (χ0) is 13.2. The molecule has 104 valence electrons. The SMILES string of the molecule is OCC1CCCN1c1ccc(Cl)cc1CNC1CC1. The van der Waals surface area contributed by atoms with Crippen molar-refractivity contribution < 1.29 is 5.11 Å². The molecule has 3 rings (SSSR count). The normalized spacial score (nSPS) is 23.1. The van der Waals surface area contributed by atoms with Gasteiger partial charge in [-0.1, -0.05) is 11.6 Å². The minimum absolute atomic E-state index is 0.234. The molecule has 0 bridgehead atoms. The van der Waals surface area contributed by atoms with E-state index in [2.05, 4.69) is 22.3 Å². The Bertz CT molecular complexity index is 448. The fourth-order valence-corrected chi connectivity index (χ4v) is 3.05. The molecule has 2 fully saturated rings. The van der Waals surface area contributed by atoms with Crippen LogP contribution in [0.1, 0.15) is 31.2 Å². The van der Waals surface area contributed by atoms with Crippen molar-refractivity contribution in [2.24, 2.45) is 0 Å². The zero-order valence-corrected chi connectivity index (χ0v) is 11.9. The van der Waals surface area contributed by atoms with E-state index in [9.17, 15) is 5.11 Å². The average Bonchev–Trinajstić information content (AvgIpc) is 3.13. The summed E-state index contributed by atoms with van der Waals surface area (Å²) in [6, 6.07) is 7.06. The number of hydrogen-bond donors (Lipinski definition) is 2. The van der Waals surface area contributed by atoms with Gasteiger partial charge in [0.2, 0.25) is 0 Å². The van der Waals surface area contributed by atoms with Crippen LogP contribution in [-0.4, -0.2) is 30.3 Å². The van der Waals surface area contributed by atoms with Gasteiger partial charge in [0, 0.05) is 29.8 Å². The summed E-state index contributed by atoms with van der Waals surface area (Å²) in [5.41, 5.74) is 2.48. The fourth-order valence-electron chi connectivity index (χ4n) is 2.86. The Hall–Kier alpha value is -0.770. The minimum atomic E-state index is 0.234. The fraction of sp³-hybridized carbons (Fsp3) is 0.600. The van der Waals surface area contributed by atoms with Gasteiger partial charge in [0.15, 0.2) is 0 Å². The zero-order valence-electron chi connectivity index (χ0n) is 11.1. The lowest BCUT2D eigenvalue weighted by Gasteiger charge is -2.28. The van der Waals surface area contributed by atoms with Gasteiger partial charge in [-0.25, -0.2) is 0 Å². The van der Waals surface area contributed by atoms with Crippen LogP contribution in [-0.2, 0) is 6.54 Å². The van der Waals surface area contributed by atoms with E-state index in [-0.39, 0.29) is 12.6 Å². The molecule has 0 amide bonds. The molecule has 1 atom stereocenters. The summed E-state index contributed by atoms with van der Waals surface area (Å²) in [7, 11) is 0. The topological polar surface area (TPSA) is 35.5 Å². The Morgan fingerprint density at radius 1 is 1.32 bits per heavy atom. The molecule has 1 unspecified atom stereocenters. The van der Waals surface area contributed by atoms with E-state index >= 15 is 0 Å². The second-order valence-electron chi connectivity index (χ2n) is 5.60. The van der Waals surface area contributed by atoms with Crippen LogP contribution in [0, 0.1) is 0 Å². The standard InChI is InChI=1S/C15H21ClN2O/c16-12-3-6-15(18-7-1-2-14(18)10-19)11(8-12)9-17-13-4-5-13/h3,6,8,13-14,17,19H,1-2,4-5,7,9-10H2. The predicted molar refractivity (Wildman–Crippen MR) is 78.8 cm³/mol. The third-order valence-electron chi connectivity index (χ3n) is 4.10. The lowest BCUT2D eigenvalue weighted by molar-refractivity contribution is 0.266. The minimum Gasteiger partial charge on any atom is -0.394 e. The molecular weight excluding hydrogens is 260 g/mol. The smallest absolute Gasteiger partial charge is 0.0635 e. The Kier molecular flexibility index (Phi) is 3.96. The molecule has 1 aliphatic carbocycles. The summed E-state index contributed by atoms with van der Waals surface area (Å²) in [6.45, 7) is 2.14. The van der Waals surface area contributed by atoms with Crippen molar-refractivity contribution in [3.63, 3.8) is 0 Å². The third kappa shape index (κ3) is 3.04. The van der Waals surface area contributed by atoms with Gasteiger partial charge >= 0.3 is 0 Å². The Labute approximate surface area is 119 Å². The largest absolute Gasteiger partial charge is 0.394 e. The lowest BCUT2D eigenvalue weighted by atomic mass is 10.1. The highest BCUT2D eigenvalue weighted by Crippen LogP contribution is 2.31. The quantitative estimate of drug-likeness (QED) is 0.870. The molecule has 1 saturated carbocycles. The van der Waals surface area contributed by atoms with Crippen LogP contribution in [0.15, 0.2) is 18.2 Å². The van der Waals surface area contributed by atoms with Gasteiger partial charge in [0.1, 0.15) is 0 Å². The van der Waals surface area contributed by atoms with Gasteiger partial charge in [-0.3, -0.25) is 0 Å². The number of hydrogen-bond acceptors (Lipinski definition) is 3. The van der Waals surface area contributed by atoms with Crippen LogP contribution < -0.4 is 10.2 Å². The Balaban J connectivity index is 1.81. The molecule has 3 nitrogen and oxygen atoms in total. The van der Waals surface area contributed by atoms with Crippen LogP contribution in [0.2, 0.25) is 5.02 Å². The molecule has 19 heavy (non-hydrogen) atoms. The first-order chi connectivity index (χ1) is 9.28. The van der Waals surface area contributed by atoms with Gasteiger partial charge < -0.3 is 15.3 Å². The molecule has 1 aromatic rings. The summed E-state index contributed by atoms with van der Waals surface area (Å²) in [5.74, 6) is 0. The van der Waals surface area contributed by atoms with Crippen molar-refractivity contribution >= 4 is 17.3 Å². The van der Waals surface area contributed by atoms with E-state index in [0.29, 0.717) is 6.04 Å². The molecule has 4 heteroatoms. The predicted octanol–water partition coefficient (Wildman–Crippen LogP) is 2.55. The van der Waals surface area contributed by atoms with Crippen molar-refractivity contribution in [2.45, 2.75) is 44.3 Å². The van der Waals surface area contributed by atoms with Crippen molar-refractivity contribution in [3.05, 3.63) is 28.8 Å². The molecule has 1 aliphatic heterocycles. The van der Waals surface area contributed by atoms with Gasteiger partial charge in [-0.05, 0) is 49.4 Å². The van der Waals surface area contributed by atoms with Crippen molar-refractivity contribution in [2.75, 3.05) is 18.1 Å². The average molecular weight is 281 g/mol. The summed E-state index contributed by atoms with van der Waals surface area (Å²) < 4.78 is 0. The van der Waals surface area contributed by atoms with Gasteiger partial charge in [0.25, 0.3) is 0 Å². The second-order valence-corrected chi connectivity index (χ2v) is 6.04. The van der Waals surface area contributed by atoms with Gasteiger partial charge in [-0.15, -0.1) is 0 Å². The Morgan fingerprint density at radius 2 is 2.16 bits per heavy atom.